The van der Waals surface area contributed by atoms with Gasteiger partial charge in [-0.3, -0.25) is 0 Å². The van der Waals surface area contributed by atoms with Gasteiger partial charge in [-0.15, -0.1) is 0 Å². The van der Waals surface area contributed by atoms with Crippen LogP contribution < -0.4 is 18.9 Å². The molecule has 0 N–H and O–H groups in total. The first kappa shape index (κ1) is 31.6. The molecule has 1 heterocycles. The van der Waals surface area contributed by atoms with Gasteiger partial charge in [0, 0.05) is 5.56 Å². The van der Waals surface area contributed by atoms with Gasteiger partial charge in [0.1, 0.15) is 35.9 Å². The molecule has 222 valence electrons. The molecule has 0 fully saturated rings. The summed E-state index contributed by atoms with van der Waals surface area (Å²) in [4.78, 5) is 24.8. The Hall–Kier alpha value is -3.94. The van der Waals surface area contributed by atoms with E-state index >= 15 is 0 Å². The smallest absolute Gasteiger partial charge is 0.345 e. The quantitative estimate of drug-likeness (QED) is 0.0925. The van der Waals surface area contributed by atoms with Crippen molar-refractivity contribution in [2.75, 3.05) is 33.0 Å². The minimum Gasteiger partial charge on any atom is -0.490 e. The molecule has 8 heteroatoms. The molecule has 0 radical (unpaired) electrons. The first-order chi connectivity index (χ1) is 19.6. The van der Waals surface area contributed by atoms with Crippen LogP contribution in [0.15, 0.2) is 36.4 Å². The normalized spacial score (nSPS) is 15.6. The van der Waals surface area contributed by atoms with Crippen molar-refractivity contribution in [2.24, 2.45) is 0 Å². The fraction of sp³-hybridized carbons (Fsp3) is 0.455. The molecule has 0 bridgehead atoms. The number of hydrogen-bond acceptors (Lipinski definition) is 8. The minimum atomic E-state index is -0.743. The zero-order valence-electron chi connectivity index (χ0n) is 25.3. The number of fused-ring (bicyclic) bond motifs is 1. The lowest BCUT2D eigenvalue weighted by molar-refractivity contribution is -0.146. The molecule has 0 amide bonds. The van der Waals surface area contributed by atoms with Gasteiger partial charge in [0.25, 0.3) is 0 Å². The van der Waals surface area contributed by atoms with E-state index in [-0.39, 0.29) is 18.8 Å². The van der Waals surface area contributed by atoms with Crippen molar-refractivity contribution in [3.05, 3.63) is 64.2 Å². The Morgan fingerprint density at radius 2 is 1.61 bits per heavy atom. The van der Waals surface area contributed by atoms with Crippen LogP contribution in [0.25, 0.3) is 6.08 Å². The second-order valence-electron chi connectivity index (χ2n) is 10.1. The molecule has 1 aliphatic heterocycles. The third-order valence-electron chi connectivity index (χ3n) is 7.01. The Balaban J connectivity index is 1.85. The SMILES string of the molecule is C=CCOc1c(C)c(C)c2c(c1C)CCC(C)(COc1ccc(C=C(C(=O)OCC)C(=O)OCC)cc1OCC)O2. The summed E-state index contributed by atoms with van der Waals surface area (Å²) in [6.45, 7) is 18.6. The Kier molecular flexibility index (Phi) is 10.9. The van der Waals surface area contributed by atoms with Crippen molar-refractivity contribution >= 4 is 18.0 Å². The first-order valence-electron chi connectivity index (χ1n) is 14.1. The van der Waals surface area contributed by atoms with E-state index in [0.29, 0.717) is 36.9 Å². The highest BCUT2D eigenvalue weighted by molar-refractivity contribution is 6.17. The van der Waals surface area contributed by atoms with Crippen molar-refractivity contribution < 1.29 is 38.0 Å². The summed E-state index contributed by atoms with van der Waals surface area (Å²) in [5, 5.41) is 0. The number of ether oxygens (including phenoxy) is 6. The predicted molar refractivity (Wildman–Crippen MR) is 158 cm³/mol. The van der Waals surface area contributed by atoms with Crippen molar-refractivity contribution in [1.29, 1.82) is 0 Å². The summed E-state index contributed by atoms with van der Waals surface area (Å²) in [6, 6.07) is 5.23. The monoisotopic (exact) mass is 566 g/mol. The molecular formula is C33H42O8. The molecule has 2 aromatic rings. The molecule has 41 heavy (non-hydrogen) atoms. The summed E-state index contributed by atoms with van der Waals surface area (Å²) in [5.74, 6) is 1.32. The van der Waals surface area contributed by atoms with Gasteiger partial charge in [-0.25, -0.2) is 9.59 Å². The maximum absolute atomic E-state index is 12.4. The van der Waals surface area contributed by atoms with E-state index in [2.05, 4.69) is 20.4 Å². The van der Waals surface area contributed by atoms with Crippen LogP contribution in [0.3, 0.4) is 0 Å². The van der Waals surface area contributed by atoms with Crippen molar-refractivity contribution in [2.45, 2.75) is 66.9 Å². The van der Waals surface area contributed by atoms with Gasteiger partial charge in [-0.1, -0.05) is 18.7 Å². The summed E-state index contributed by atoms with van der Waals surface area (Å²) < 4.78 is 34.8. The molecular weight excluding hydrogens is 524 g/mol. The lowest BCUT2D eigenvalue weighted by Crippen LogP contribution is -2.42. The molecule has 1 unspecified atom stereocenters. The predicted octanol–water partition coefficient (Wildman–Crippen LogP) is 6.25. The number of esters is 2. The third kappa shape index (κ3) is 7.43. The standard InChI is InChI=1S/C33H42O8/c1-9-17-39-29-21(5)22(6)30-25(23(29)7)15-16-33(8,41-30)20-40-27-14-13-24(19-28(27)36-10-2)18-26(31(34)37-11-3)32(35)38-12-4/h9,13-14,18-19H,1,10-12,15-17,20H2,2-8H3. The van der Waals surface area contributed by atoms with Crippen LogP contribution in [0.4, 0.5) is 0 Å². The molecule has 3 rings (SSSR count). The van der Waals surface area contributed by atoms with Gasteiger partial charge in [0.15, 0.2) is 11.5 Å². The van der Waals surface area contributed by atoms with E-state index in [1.54, 1.807) is 38.1 Å². The minimum absolute atomic E-state index is 0.140. The topological polar surface area (TPSA) is 89.5 Å². The third-order valence-corrected chi connectivity index (χ3v) is 7.01. The van der Waals surface area contributed by atoms with E-state index in [9.17, 15) is 9.59 Å². The largest absolute Gasteiger partial charge is 0.490 e. The Morgan fingerprint density at radius 3 is 2.22 bits per heavy atom. The lowest BCUT2D eigenvalue weighted by Gasteiger charge is -2.38. The van der Waals surface area contributed by atoms with Crippen LogP contribution in [-0.2, 0) is 25.5 Å². The molecule has 8 nitrogen and oxygen atoms in total. The van der Waals surface area contributed by atoms with Gasteiger partial charge < -0.3 is 28.4 Å². The van der Waals surface area contributed by atoms with Gasteiger partial charge in [0.05, 0.1) is 19.8 Å². The number of hydrogen-bond donors (Lipinski definition) is 0. The molecule has 1 aliphatic rings. The summed E-state index contributed by atoms with van der Waals surface area (Å²) in [5.41, 5.74) is 4.19. The fourth-order valence-corrected chi connectivity index (χ4v) is 4.76. The van der Waals surface area contributed by atoms with Gasteiger partial charge in [0.2, 0.25) is 0 Å². The molecule has 0 saturated heterocycles. The molecule has 0 spiro atoms. The Labute approximate surface area is 243 Å². The zero-order valence-corrected chi connectivity index (χ0v) is 25.3. The van der Waals surface area contributed by atoms with E-state index in [0.717, 1.165) is 46.6 Å². The maximum atomic E-state index is 12.4. The van der Waals surface area contributed by atoms with Crippen molar-refractivity contribution in [3.63, 3.8) is 0 Å². The van der Waals surface area contributed by atoms with Gasteiger partial charge >= 0.3 is 11.9 Å². The summed E-state index contributed by atoms with van der Waals surface area (Å²) in [7, 11) is 0. The van der Waals surface area contributed by atoms with Crippen LogP contribution in [0.2, 0.25) is 0 Å². The molecule has 0 aliphatic carbocycles. The van der Waals surface area contributed by atoms with Crippen LogP contribution in [-0.4, -0.2) is 50.6 Å². The zero-order chi connectivity index (χ0) is 30.2. The Morgan fingerprint density at radius 1 is 0.927 bits per heavy atom. The second-order valence-corrected chi connectivity index (χ2v) is 10.1. The van der Waals surface area contributed by atoms with Crippen LogP contribution in [0.5, 0.6) is 23.0 Å². The number of rotatable bonds is 13. The molecule has 1 atom stereocenters. The van der Waals surface area contributed by atoms with Crippen LogP contribution in [0.1, 0.15) is 61.9 Å². The molecule has 2 aromatic carbocycles. The van der Waals surface area contributed by atoms with Gasteiger partial charge in [-0.05, 0) is 102 Å². The molecule has 0 aromatic heterocycles. The number of carbonyl (C=O) groups excluding carboxylic acids is 2. The van der Waals surface area contributed by atoms with E-state index in [4.69, 9.17) is 28.4 Å². The summed E-state index contributed by atoms with van der Waals surface area (Å²) >= 11 is 0. The number of carbonyl (C=O) groups is 2. The van der Waals surface area contributed by atoms with Gasteiger partial charge in [-0.2, -0.15) is 0 Å². The lowest BCUT2D eigenvalue weighted by atomic mass is 9.87. The van der Waals surface area contributed by atoms with Crippen LogP contribution >= 0.6 is 0 Å². The summed E-state index contributed by atoms with van der Waals surface area (Å²) in [6.07, 6.45) is 4.78. The average Bonchev–Trinajstić information content (AvgIpc) is 2.94. The van der Waals surface area contributed by atoms with E-state index in [1.165, 1.54) is 6.08 Å². The highest BCUT2D eigenvalue weighted by Gasteiger charge is 2.36. The highest BCUT2D eigenvalue weighted by atomic mass is 16.6. The fourth-order valence-electron chi connectivity index (χ4n) is 4.76. The first-order valence-corrected chi connectivity index (χ1v) is 14.1. The highest BCUT2D eigenvalue weighted by Crippen LogP contribution is 2.44. The van der Waals surface area contributed by atoms with E-state index < -0.39 is 17.5 Å². The maximum Gasteiger partial charge on any atom is 0.345 e. The van der Waals surface area contributed by atoms with Crippen molar-refractivity contribution in [3.8, 4) is 23.0 Å². The molecule has 0 saturated carbocycles. The average molecular weight is 567 g/mol. The van der Waals surface area contributed by atoms with Crippen molar-refractivity contribution in [1.82, 2.24) is 0 Å². The Bertz CT molecular complexity index is 1290. The van der Waals surface area contributed by atoms with E-state index in [1.807, 2.05) is 20.8 Å². The number of benzene rings is 2. The second kappa shape index (κ2) is 14.1. The van der Waals surface area contributed by atoms with Crippen LogP contribution in [0, 0.1) is 20.8 Å².